The number of benzene rings is 2. The van der Waals surface area contributed by atoms with Crippen molar-refractivity contribution < 1.29 is 9.47 Å². The summed E-state index contributed by atoms with van der Waals surface area (Å²) >= 11 is 1.60. The van der Waals surface area contributed by atoms with Crippen molar-refractivity contribution in [1.82, 2.24) is 14.9 Å². The summed E-state index contributed by atoms with van der Waals surface area (Å²) in [5, 5.41) is 13.7. The molecule has 0 saturated heterocycles. The molecule has 0 saturated carbocycles. The van der Waals surface area contributed by atoms with E-state index in [0.29, 0.717) is 12.4 Å². The molecule has 1 heterocycles. The Morgan fingerprint density at radius 1 is 1.11 bits per heavy atom. The number of hydrogen-bond acceptors (Lipinski definition) is 6. The van der Waals surface area contributed by atoms with Gasteiger partial charge in [0, 0.05) is 5.75 Å². The number of rotatable bonds is 8. The number of thioether (sulfide) groups is 1. The number of nitrogens with zero attached hydrogens (tertiary/aromatic N) is 4. The lowest BCUT2D eigenvalue weighted by Gasteiger charge is -2.09. The highest BCUT2D eigenvalue weighted by Crippen LogP contribution is 2.27. The lowest BCUT2D eigenvalue weighted by Crippen LogP contribution is -1.98. The zero-order valence-electron chi connectivity index (χ0n) is 15.6. The molecule has 0 N–H and O–H groups in total. The van der Waals surface area contributed by atoms with E-state index < -0.39 is 0 Å². The molecule has 3 rings (SSSR count). The predicted molar refractivity (Wildman–Crippen MR) is 108 cm³/mol. The van der Waals surface area contributed by atoms with Gasteiger partial charge in [-0.15, -0.1) is 10.2 Å². The van der Waals surface area contributed by atoms with E-state index in [2.05, 4.69) is 27.4 Å². The second-order valence-electron chi connectivity index (χ2n) is 5.70. The molecule has 1 aromatic heterocycles. The lowest BCUT2D eigenvalue weighted by atomic mass is 10.2. The van der Waals surface area contributed by atoms with Gasteiger partial charge in [-0.25, -0.2) is 0 Å². The molecular formula is C20H22N4O2S. The van der Waals surface area contributed by atoms with Gasteiger partial charge in [-0.3, -0.25) is 0 Å². The second-order valence-corrected chi connectivity index (χ2v) is 6.65. The molecule has 0 unspecified atom stereocenters. The number of aromatic nitrogens is 3. The molecule has 0 aliphatic heterocycles. The highest BCUT2D eigenvalue weighted by Gasteiger charge is 2.09. The van der Waals surface area contributed by atoms with Crippen molar-refractivity contribution >= 4 is 18.0 Å². The Morgan fingerprint density at radius 3 is 2.67 bits per heavy atom. The standard InChI is InChI=1S/C20H22N4O2S/c1-4-26-18-11-10-17(12-19(18)25-3)13-21-24-15(2)22-23-20(24)27-14-16-8-6-5-7-9-16/h5-13H,4,14H2,1-3H3/b21-13-. The smallest absolute Gasteiger partial charge is 0.212 e. The van der Waals surface area contributed by atoms with Gasteiger partial charge in [0.05, 0.1) is 19.9 Å². The Hall–Kier alpha value is -2.80. The Morgan fingerprint density at radius 2 is 1.93 bits per heavy atom. The van der Waals surface area contributed by atoms with Crippen LogP contribution in [0.1, 0.15) is 23.9 Å². The van der Waals surface area contributed by atoms with Gasteiger partial charge in [-0.2, -0.15) is 9.78 Å². The van der Waals surface area contributed by atoms with Crippen LogP contribution in [0.4, 0.5) is 0 Å². The van der Waals surface area contributed by atoms with Crippen LogP contribution in [-0.2, 0) is 5.75 Å². The first-order valence-corrected chi connectivity index (χ1v) is 9.63. The molecule has 0 atom stereocenters. The van der Waals surface area contributed by atoms with E-state index in [4.69, 9.17) is 9.47 Å². The van der Waals surface area contributed by atoms with Crippen LogP contribution < -0.4 is 9.47 Å². The molecule has 0 spiro atoms. The summed E-state index contributed by atoms with van der Waals surface area (Å²) in [4.78, 5) is 0. The minimum absolute atomic E-state index is 0.589. The summed E-state index contributed by atoms with van der Waals surface area (Å²) in [6.07, 6.45) is 1.77. The van der Waals surface area contributed by atoms with Crippen LogP contribution >= 0.6 is 11.8 Å². The summed E-state index contributed by atoms with van der Waals surface area (Å²) in [5.41, 5.74) is 2.14. The third-order valence-corrected chi connectivity index (χ3v) is 4.78. The van der Waals surface area contributed by atoms with Crippen molar-refractivity contribution in [2.24, 2.45) is 5.10 Å². The fourth-order valence-electron chi connectivity index (χ4n) is 2.45. The molecule has 0 amide bonds. The predicted octanol–water partition coefficient (Wildman–Crippen LogP) is 4.17. The van der Waals surface area contributed by atoms with Gasteiger partial charge in [0.1, 0.15) is 0 Å². The van der Waals surface area contributed by atoms with E-state index in [0.717, 1.165) is 28.0 Å². The minimum atomic E-state index is 0.589. The van der Waals surface area contributed by atoms with Crippen LogP contribution in [0.25, 0.3) is 0 Å². The topological polar surface area (TPSA) is 61.5 Å². The van der Waals surface area contributed by atoms with Gasteiger partial charge in [0.2, 0.25) is 5.16 Å². The quantitative estimate of drug-likeness (QED) is 0.432. The van der Waals surface area contributed by atoms with Crippen LogP contribution in [-0.4, -0.2) is 34.8 Å². The Kier molecular flexibility index (Phi) is 6.49. The molecule has 27 heavy (non-hydrogen) atoms. The van der Waals surface area contributed by atoms with Gasteiger partial charge in [-0.05, 0) is 43.2 Å². The van der Waals surface area contributed by atoms with E-state index in [9.17, 15) is 0 Å². The van der Waals surface area contributed by atoms with Gasteiger partial charge in [0.25, 0.3) is 0 Å². The molecular weight excluding hydrogens is 360 g/mol. The largest absolute Gasteiger partial charge is 0.493 e. The van der Waals surface area contributed by atoms with E-state index >= 15 is 0 Å². The van der Waals surface area contributed by atoms with Crippen LogP contribution in [0.2, 0.25) is 0 Å². The van der Waals surface area contributed by atoms with Gasteiger partial charge in [-0.1, -0.05) is 42.1 Å². The first-order chi connectivity index (χ1) is 13.2. The van der Waals surface area contributed by atoms with Crippen molar-refractivity contribution in [3.05, 3.63) is 65.5 Å². The maximum absolute atomic E-state index is 5.55. The summed E-state index contributed by atoms with van der Waals surface area (Å²) in [7, 11) is 1.63. The van der Waals surface area contributed by atoms with E-state index in [1.165, 1.54) is 5.56 Å². The van der Waals surface area contributed by atoms with Gasteiger partial charge in [0.15, 0.2) is 17.3 Å². The summed E-state index contributed by atoms with van der Waals surface area (Å²) in [6, 6.07) is 16.0. The lowest BCUT2D eigenvalue weighted by molar-refractivity contribution is 0.311. The highest BCUT2D eigenvalue weighted by atomic mass is 32.2. The molecule has 0 radical (unpaired) electrons. The number of aryl methyl sites for hydroxylation is 1. The number of ether oxygens (including phenoxy) is 2. The molecule has 6 nitrogen and oxygen atoms in total. The maximum atomic E-state index is 5.55. The van der Waals surface area contributed by atoms with Crippen molar-refractivity contribution in [3.8, 4) is 11.5 Å². The van der Waals surface area contributed by atoms with Crippen LogP contribution in [0, 0.1) is 6.92 Å². The first-order valence-electron chi connectivity index (χ1n) is 8.65. The Bertz CT molecular complexity index is 910. The van der Waals surface area contributed by atoms with Gasteiger partial charge < -0.3 is 9.47 Å². The fraction of sp³-hybridized carbons (Fsp3) is 0.250. The maximum Gasteiger partial charge on any atom is 0.212 e. The third kappa shape index (κ3) is 4.89. The molecule has 0 aliphatic carbocycles. The highest BCUT2D eigenvalue weighted by molar-refractivity contribution is 7.98. The van der Waals surface area contributed by atoms with Crippen molar-refractivity contribution in [2.45, 2.75) is 24.8 Å². The van der Waals surface area contributed by atoms with E-state index in [1.54, 1.807) is 29.8 Å². The molecule has 0 bridgehead atoms. The van der Waals surface area contributed by atoms with Gasteiger partial charge >= 0.3 is 0 Å². The normalized spacial score (nSPS) is 11.1. The van der Waals surface area contributed by atoms with Crippen molar-refractivity contribution in [1.29, 1.82) is 0 Å². The zero-order chi connectivity index (χ0) is 19.1. The molecule has 0 aliphatic rings. The van der Waals surface area contributed by atoms with Crippen molar-refractivity contribution in [3.63, 3.8) is 0 Å². The van der Waals surface area contributed by atoms with Crippen LogP contribution in [0.15, 0.2) is 58.8 Å². The van der Waals surface area contributed by atoms with E-state index in [1.807, 2.05) is 50.2 Å². The number of methoxy groups -OCH3 is 1. The van der Waals surface area contributed by atoms with Crippen molar-refractivity contribution in [2.75, 3.05) is 13.7 Å². The molecule has 140 valence electrons. The Labute approximate surface area is 163 Å². The van der Waals surface area contributed by atoms with Crippen LogP contribution in [0.5, 0.6) is 11.5 Å². The summed E-state index contributed by atoms with van der Waals surface area (Å²) in [5.74, 6) is 2.95. The van der Waals surface area contributed by atoms with Crippen LogP contribution in [0.3, 0.4) is 0 Å². The minimum Gasteiger partial charge on any atom is -0.493 e. The second kappa shape index (κ2) is 9.23. The average molecular weight is 382 g/mol. The monoisotopic (exact) mass is 382 g/mol. The summed E-state index contributed by atoms with van der Waals surface area (Å²) in [6.45, 7) is 4.42. The summed E-state index contributed by atoms with van der Waals surface area (Å²) < 4.78 is 12.7. The zero-order valence-corrected chi connectivity index (χ0v) is 16.4. The molecule has 2 aromatic carbocycles. The molecule has 7 heteroatoms. The molecule has 0 fully saturated rings. The Balaban J connectivity index is 1.76. The number of hydrogen-bond donors (Lipinski definition) is 0. The molecule has 3 aromatic rings. The SMILES string of the molecule is CCOc1ccc(/C=N\n2c(C)nnc2SCc2ccccc2)cc1OC. The van der Waals surface area contributed by atoms with E-state index in [-0.39, 0.29) is 0 Å². The fourth-order valence-corrected chi connectivity index (χ4v) is 3.34. The first kappa shape index (κ1) is 19.0. The average Bonchev–Trinajstić information content (AvgIpc) is 3.06. The third-order valence-electron chi connectivity index (χ3n) is 3.79.